The number of carbonyl (C=O) groups excluding carboxylic acids is 1. The second-order valence-corrected chi connectivity index (χ2v) is 9.16. The molecule has 33 heavy (non-hydrogen) atoms. The summed E-state index contributed by atoms with van der Waals surface area (Å²) in [4.78, 5) is 14.4. The first-order chi connectivity index (χ1) is 15.8. The summed E-state index contributed by atoms with van der Waals surface area (Å²) < 4.78 is 47.2. The Balaban J connectivity index is 1.95. The number of allylic oxidation sites excluding steroid dienone is 6. The fourth-order valence-electron chi connectivity index (χ4n) is 5.73. The molecule has 0 fully saturated rings. The van der Waals surface area contributed by atoms with Crippen LogP contribution in [-0.4, -0.2) is 37.1 Å². The molecule has 2 unspecified atom stereocenters. The minimum atomic E-state index is -4.44. The first-order valence-corrected chi connectivity index (χ1v) is 11.6. The van der Waals surface area contributed by atoms with Crippen molar-refractivity contribution in [3.8, 4) is 0 Å². The van der Waals surface area contributed by atoms with Crippen molar-refractivity contribution in [2.24, 2.45) is 11.3 Å². The Bertz CT molecular complexity index is 1020. The number of carbonyl (C=O) groups is 1. The van der Waals surface area contributed by atoms with Gasteiger partial charge in [-0.25, -0.2) is 0 Å². The second-order valence-electron chi connectivity index (χ2n) is 9.16. The quantitative estimate of drug-likeness (QED) is 0.363. The molecule has 176 valence electrons. The van der Waals surface area contributed by atoms with Crippen molar-refractivity contribution in [2.75, 3.05) is 19.8 Å². The van der Waals surface area contributed by atoms with Crippen LogP contribution < -0.4 is 0 Å². The van der Waals surface area contributed by atoms with Crippen LogP contribution in [0.4, 0.5) is 13.2 Å². The zero-order chi connectivity index (χ0) is 23.6. The van der Waals surface area contributed by atoms with Gasteiger partial charge in [-0.05, 0) is 49.3 Å². The number of aldehydes is 1. The lowest BCUT2D eigenvalue weighted by Crippen LogP contribution is -2.38. The third-order valence-electron chi connectivity index (χ3n) is 6.84. The Morgan fingerprint density at radius 3 is 2.67 bits per heavy atom. The van der Waals surface area contributed by atoms with E-state index in [9.17, 15) is 18.0 Å². The summed E-state index contributed by atoms with van der Waals surface area (Å²) in [6.07, 6.45) is 2.85. The molecule has 0 bridgehead atoms. The molecule has 0 saturated heterocycles. The fourth-order valence-corrected chi connectivity index (χ4v) is 5.73. The fraction of sp³-hybridized carbons (Fsp3) is 0.444. The number of alkyl halides is 3. The van der Waals surface area contributed by atoms with E-state index in [1.165, 1.54) is 12.2 Å². The summed E-state index contributed by atoms with van der Waals surface area (Å²) in [6.45, 7) is 5.51. The lowest BCUT2D eigenvalue weighted by Gasteiger charge is -2.42. The topological polar surface area (TPSA) is 29.5 Å². The van der Waals surface area contributed by atoms with E-state index < -0.39 is 17.2 Å². The van der Waals surface area contributed by atoms with Gasteiger partial charge in [0.25, 0.3) is 0 Å². The van der Waals surface area contributed by atoms with Crippen molar-refractivity contribution in [1.29, 1.82) is 0 Å². The van der Waals surface area contributed by atoms with E-state index in [2.05, 4.69) is 11.8 Å². The largest absolute Gasteiger partial charge is 0.416 e. The molecule has 0 saturated carbocycles. The van der Waals surface area contributed by atoms with Crippen LogP contribution in [0, 0.1) is 11.3 Å². The van der Waals surface area contributed by atoms with Crippen LogP contribution in [0.3, 0.4) is 0 Å². The van der Waals surface area contributed by atoms with Crippen LogP contribution in [0.15, 0.2) is 76.7 Å². The van der Waals surface area contributed by atoms with Gasteiger partial charge in [0, 0.05) is 42.0 Å². The highest BCUT2D eigenvalue weighted by Gasteiger charge is 2.52. The summed E-state index contributed by atoms with van der Waals surface area (Å²) in [5, 5.41) is 0. The van der Waals surface area contributed by atoms with E-state index >= 15 is 0 Å². The number of fused-ring (bicyclic) bond motifs is 2. The van der Waals surface area contributed by atoms with E-state index in [0.717, 1.165) is 23.2 Å². The third kappa shape index (κ3) is 4.45. The van der Waals surface area contributed by atoms with Gasteiger partial charge in [0.15, 0.2) is 0 Å². The normalized spacial score (nSPS) is 25.1. The van der Waals surface area contributed by atoms with Gasteiger partial charge in [-0.15, -0.1) is 0 Å². The number of ether oxygens (including phenoxy) is 1. The average molecular weight is 458 g/mol. The van der Waals surface area contributed by atoms with Crippen LogP contribution in [0.25, 0.3) is 0 Å². The van der Waals surface area contributed by atoms with Crippen LogP contribution in [0.5, 0.6) is 0 Å². The summed E-state index contributed by atoms with van der Waals surface area (Å²) in [7, 11) is 0. The maximum absolute atomic E-state index is 13.9. The lowest BCUT2D eigenvalue weighted by atomic mass is 9.63. The van der Waals surface area contributed by atoms with Gasteiger partial charge < -0.3 is 9.64 Å². The smallest absolute Gasteiger partial charge is 0.380 e. The zero-order valence-electron chi connectivity index (χ0n) is 19.1. The van der Waals surface area contributed by atoms with Crippen molar-refractivity contribution >= 4 is 6.29 Å². The van der Waals surface area contributed by atoms with E-state index in [1.807, 2.05) is 37.3 Å². The van der Waals surface area contributed by atoms with E-state index in [-0.39, 0.29) is 5.92 Å². The van der Waals surface area contributed by atoms with E-state index in [1.54, 1.807) is 6.08 Å². The molecule has 1 aliphatic heterocycles. The van der Waals surface area contributed by atoms with Crippen LogP contribution in [0.2, 0.25) is 0 Å². The van der Waals surface area contributed by atoms with Crippen LogP contribution in [0.1, 0.15) is 38.7 Å². The monoisotopic (exact) mass is 457 g/mol. The van der Waals surface area contributed by atoms with Crippen molar-refractivity contribution in [3.05, 3.63) is 82.2 Å². The molecule has 1 aromatic rings. The number of benzene rings is 1. The van der Waals surface area contributed by atoms with Gasteiger partial charge in [-0.1, -0.05) is 49.4 Å². The van der Waals surface area contributed by atoms with E-state index in [0.29, 0.717) is 56.6 Å². The molecule has 0 aromatic heterocycles. The molecule has 0 amide bonds. The van der Waals surface area contributed by atoms with Gasteiger partial charge in [0.2, 0.25) is 0 Å². The number of hydrogen-bond donors (Lipinski definition) is 0. The molecule has 1 aromatic carbocycles. The van der Waals surface area contributed by atoms with Gasteiger partial charge in [-0.3, -0.25) is 4.79 Å². The van der Waals surface area contributed by atoms with Crippen molar-refractivity contribution in [1.82, 2.24) is 4.90 Å². The maximum Gasteiger partial charge on any atom is 0.416 e. The lowest BCUT2D eigenvalue weighted by molar-refractivity contribution is -0.105. The summed E-state index contributed by atoms with van der Waals surface area (Å²) in [5.41, 5.74) is 2.84. The molecule has 4 rings (SSSR count). The maximum atomic E-state index is 13.9. The Morgan fingerprint density at radius 2 is 2.00 bits per heavy atom. The Hall–Kier alpha value is -2.60. The minimum absolute atomic E-state index is 0.178. The Kier molecular flexibility index (Phi) is 6.66. The first-order valence-electron chi connectivity index (χ1n) is 11.6. The SMILES string of the molecule is CCOCCN1C2=C(C=C(C(F)(F)F)C=CC2)C2(Cc3ccccc3)CC(C)CC(C=O)=C12. The summed E-state index contributed by atoms with van der Waals surface area (Å²) in [5.74, 6) is 0.178. The molecule has 0 N–H and O–H groups in total. The Morgan fingerprint density at radius 1 is 1.24 bits per heavy atom. The third-order valence-corrected chi connectivity index (χ3v) is 6.84. The first kappa shape index (κ1) is 23.6. The molecule has 2 atom stereocenters. The van der Waals surface area contributed by atoms with Crippen molar-refractivity contribution in [3.63, 3.8) is 0 Å². The van der Waals surface area contributed by atoms with Gasteiger partial charge in [-0.2, -0.15) is 13.2 Å². The molecule has 1 heterocycles. The van der Waals surface area contributed by atoms with Crippen molar-refractivity contribution in [2.45, 2.75) is 45.7 Å². The number of rotatable bonds is 7. The predicted octanol–water partition coefficient (Wildman–Crippen LogP) is 6.15. The molecule has 3 aliphatic rings. The highest BCUT2D eigenvalue weighted by molar-refractivity contribution is 5.77. The molecule has 3 nitrogen and oxygen atoms in total. The minimum Gasteiger partial charge on any atom is -0.380 e. The molecular formula is C27H30F3NO2. The van der Waals surface area contributed by atoms with Gasteiger partial charge in [0.05, 0.1) is 12.2 Å². The second kappa shape index (κ2) is 9.34. The molecule has 2 aliphatic carbocycles. The molecule has 6 heteroatoms. The van der Waals surface area contributed by atoms with Gasteiger partial charge in [0.1, 0.15) is 6.29 Å². The number of nitrogens with zero attached hydrogens (tertiary/aromatic N) is 1. The van der Waals surface area contributed by atoms with Crippen molar-refractivity contribution < 1.29 is 22.7 Å². The molecule has 0 radical (unpaired) electrons. The molecular weight excluding hydrogens is 427 g/mol. The predicted molar refractivity (Wildman–Crippen MR) is 122 cm³/mol. The van der Waals surface area contributed by atoms with Crippen LogP contribution in [-0.2, 0) is 16.0 Å². The number of hydrogen-bond acceptors (Lipinski definition) is 3. The molecule has 0 spiro atoms. The summed E-state index contributed by atoms with van der Waals surface area (Å²) >= 11 is 0. The Labute approximate surface area is 193 Å². The zero-order valence-corrected chi connectivity index (χ0v) is 19.1. The van der Waals surface area contributed by atoms with Crippen LogP contribution >= 0.6 is 0 Å². The van der Waals surface area contributed by atoms with E-state index in [4.69, 9.17) is 4.74 Å². The number of halogens is 3. The van der Waals surface area contributed by atoms with Gasteiger partial charge >= 0.3 is 6.18 Å². The average Bonchev–Trinajstić information content (AvgIpc) is 2.91. The standard InChI is InChI=1S/C27H30F3NO2/c1-3-33-13-12-31-24-11-7-10-22(27(28,29)30)15-23(24)26(17-20-8-5-4-6-9-20)16-19(2)14-21(18-32)25(26)31/h4-10,15,18-19H,3,11-14,16-17H2,1-2H3. The highest BCUT2D eigenvalue weighted by Crippen LogP contribution is 2.59. The summed E-state index contributed by atoms with van der Waals surface area (Å²) in [6, 6.07) is 9.86. The highest BCUT2D eigenvalue weighted by atomic mass is 19.4.